The Hall–Kier alpha value is -2.77. The van der Waals surface area contributed by atoms with Gasteiger partial charge >= 0.3 is 0 Å². The summed E-state index contributed by atoms with van der Waals surface area (Å²) in [6.07, 6.45) is 1.66. The van der Waals surface area contributed by atoms with Crippen molar-refractivity contribution in [2.45, 2.75) is 31.2 Å². The van der Waals surface area contributed by atoms with Gasteiger partial charge < -0.3 is 5.32 Å². The molecule has 140 valence electrons. The van der Waals surface area contributed by atoms with Gasteiger partial charge in [-0.05, 0) is 51.1 Å². The van der Waals surface area contributed by atoms with Crippen LogP contribution in [0, 0.1) is 0 Å². The molecular formula is C20H21N3O3S. The van der Waals surface area contributed by atoms with Crippen molar-refractivity contribution in [3.8, 4) is 0 Å². The van der Waals surface area contributed by atoms with Crippen molar-refractivity contribution in [2.24, 2.45) is 0 Å². The highest BCUT2D eigenvalue weighted by atomic mass is 32.2. The van der Waals surface area contributed by atoms with Gasteiger partial charge in [-0.15, -0.1) is 0 Å². The molecule has 2 N–H and O–H groups in total. The molecule has 0 saturated carbocycles. The number of nitrogens with zero attached hydrogens (tertiary/aromatic N) is 1. The SMILES string of the molecule is CC(C)(C)NS(=O)(=O)c1cccc(C(=O)Nc2cccc3cccnc23)c1. The zero-order valence-electron chi connectivity index (χ0n) is 15.4. The van der Waals surface area contributed by atoms with Crippen molar-refractivity contribution in [3.05, 3.63) is 66.4 Å². The molecule has 0 spiro atoms. The Morgan fingerprint density at radius 2 is 1.70 bits per heavy atom. The number of benzene rings is 2. The molecule has 1 heterocycles. The molecule has 1 amide bonds. The lowest BCUT2D eigenvalue weighted by molar-refractivity contribution is 0.102. The first kappa shape index (κ1) is 19.0. The average Bonchev–Trinajstić information content (AvgIpc) is 2.60. The number of para-hydroxylation sites is 1. The quantitative estimate of drug-likeness (QED) is 0.721. The lowest BCUT2D eigenvalue weighted by Gasteiger charge is -2.20. The van der Waals surface area contributed by atoms with Crippen LogP contribution < -0.4 is 10.0 Å². The maximum absolute atomic E-state index is 12.7. The third-order valence-electron chi connectivity index (χ3n) is 3.73. The van der Waals surface area contributed by atoms with Crippen LogP contribution in [0.1, 0.15) is 31.1 Å². The summed E-state index contributed by atoms with van der Waals surface area (Å²) in [5.74, 6) is -0.402. The van der Waals surface area contributed by atoms with E-state index in [2.05, 4.69) is 15.0 Å². The summed E-state index contributed by atoms with van der Waals surface area (Å²) in [5, 5.41) is 3.72. The molecule has 0 radical (unpaired) electrons. The maximum Gasteiger partial charge on any atom is 0.255 e. The molecule has 0 atom stereocenters. The van der Waals surface area contributed by atoms with Gasteiger partial charge in [-0.1, -0.05) is 24.3 Å². The minimum Gasteiger partial charge on any atom is -0.320 e. The van der Waals surface area contributed by atoms with Crippen LogP contribution in [-0.4, -0.2) is 24.8 Å². The summed E-state index contributed by atoms with van der Waals surface area (Å²) in [6.45, 7) is 5.28. The van der Waals surface area contributed by atoms with Crippen LogP contribution in [0.2, 0.25) is 0 Å². The number of anilines is 1. The fourth-order valence-corrected chi connectivity index (χ4v) is 4.13. The highest BCUT2D eigenvalue weighted by molar-refractivity contribution is 7.89. The molecule has 0 saturated heterocycles. The summed E-state index contributed by atoms with van der Waals surface area (Å²) in [6, 6.07) is 15.2. The number of carbonyl (C=O) groups is 1. The Labute approximate surface area is 158 Å². The predicted octanol–water partition coefficient (Wildman–Crippen LogP) is 3.56. The summed E-state index contributed by atoms with van der Waals surface area (Å²) < 4.78 is 27.6. The number of pyridine rings is 1. The standard InChI is InChI=1S/C20H21N3O3S/c1-20(2,3)23-27(25,26)16-10-4-8-15(13-16)19(24)22-17-11-5-7-14-9-6-12-21-18(14)17/h4-13,23H,1-3H3,(H,22,24). The zero-order valence-corrected chi connectivity index (χ0v) is 16.2. The van der Waals surface area contributed by atoms with E-state index in [1.807, 2.05) is 24.3 Å². The third-order valence-corrected chi connectivity index (χ3v) is 5.48. The van der Waals surface area contributed by atoms with Crippen molar-refractivity contribution in [2.75, 3.05) is 5.32 Å². The zero-order chi connectivity index (χ0) is 19.7. The van der Waals surface area contributed by atoms with Gasteiger partial charge in [0.15, 0.2) is 0 Å². The van der Waals surface area contributed by atoms with E-state index in [9.17, 15) is 13.2 Å². The van der Waals surface area contributed by atoms with Gasteiger partial charge in [0.05, 0.1) is 16.1 Å². The van der Waals surface area contributed by atoms with Crippen LogP contribution >= 0.6 is 0 Å². The number of aromatic nitrogens is 1. The fourth-order valence-electron chi connectivity index (χ4n) is 2.67. The predicted molar refractivity (Wildman–Crippen MR) is 106 cm³/mol. The number of sulfonamides is 1. The van der Waals surface area contributed by atoms with Crippen molar-refractivity contribution < 1.29 is 13.2 Å². The molecule has 2 aromatic carbocycles. The number of amides is 1. The molecule has 1 aromatic heterocycles. The Morgan fingerprint density at radius 1 is 1.00 bits per heavy atom. The second kappa shape index (κ2) is 7.09. The van der Waals surface area contributed by atoms with Gasteiger partial charge in [0.1, 0.15) is 0 Å². The van der Waals surface area contributed by atoms with E-state index in [0.29, 0.717) is 11.2 Å². The molecule has 0 fully saturated rings. The number of hydrogen-bond donors (Lipinski definition) is 2. The van der Waals surface area contributed by atoms with Gasteiger partial charge in [0.25, 0.3) is 5.91 Å². The van der Waals surface area contributed by atoms with Gasteiger partial charge in [-0.3, -0.25) is 9.78 Å². The summed E-state index contributed by atoms with van der Waals surface area (Å²) >= 11 is 0. The first-order chi connectivity index (χ1) is 12.7. The van der Waals surface area contributed by atoms with Crippen molar-refractivity contribution >= 4 is 32.5 Å². The summed E-state index contributed by atoms with van der Waals surface area (Å²) in [4.78, 5) is 17.0. The van der Waals surface area contributed by atoms with E-state index < -0.39 is 21.5 Å². The maximum atomic E-state index is 12.7. The Morgan fingerprint density at radius 3 is 2.44 bits per heavy atom. The minimum absolute atomic E-state index is 0.0427. The smallest absolute Gasteiger partial charge is 0.255 e. The van der Waals surface area contributed by atoms with Gasteiger partial charge in [0.2, 0.25) is 10.0 Å². The number of fused-ring (bicyclic) bond motifs is 1. The normalized spacial score (nSPS) is 12.1. The molecule has 0 aliphatic heterocycles. The average molecular weight is 383 g/mol. The minimum atomic E-state index is -3.72. The van der Waals surface area contributed by atoms with Crippen LogP contribution in [0.3, 0.4) is 0 Å². The Kier molecular flexibility index (Phi) is 4.99. The molecule has 6 nitrogen and oxygen atoms in total. The molecule has 27 heavy (non-hydrogen) atoms. The highest BCUT2D eigenvalue weighted by Gasteiger charge is 2.23. The molecular weight excluding hydrogens is 362 g/mol. The highest BCUT2D eigenvalue weighted by Crippen LogP contribution is 2.22. The topological polar surface area (TPSA) is 88.2 Å². The number of carbonyl (C=O) groups excluding carboxylic acids is 1. The molecule has 7 heteroatoms. The second-order valence-electron chi connectivity index (χ2n) is 7.22. The van der Waals surface area contributed by atoms with Gasteiger partial charge in [-0.25, -0.2) is 13.1 Å². The Balaban J connectivity index is 1.90. The van der Waals surface area contributed by atoms with Crippen molar-refractivity contribution in [1.29, 1.82) is 0 Å². The van der Waals surface area contributed by atoms with Crippen LogP contribution in [-0.2, 0) is 10.0 Å². The second-order valence-corrected chi connectivity index (χ2v) is 8.90. The van der Waals surface area contributed by atoms with Gasteiger partial charge in [0, 0.05) is 22.7 Å². The molecule has 3 aromatic rings. The summed E-state index contributed by atoms with van der Waals surface area (Å²) in [5.41, 5.74) is 0.872. The van der Waals surface area contributed by atoms with Crippen LogP contribution in [0.25, 0.3) is 10.9 Å². The van der Waals surface area contributed by atoms with E-state index in [0.717, 1.165) is 5.39 Å². The molecule has 0 bridgehead atoms. The lowest BCUT2D eigenvalue weighted by atomic mass is 10.1. The van der Waals surface area contributed by atoms with Gasteiger partial charge in [-0.2, -0.15) is 0 Å². The van der Waals surface area contributed by atoms with Crippen molar-refractivity contribution in [1.82, 2.24) is 9.71 Å². The monoisotopic (exact) mass is 383 g/mol. The summed E-state index contributed by atoms with van der Waals surface area (Å²) in [7, 11) is -3.72. The third kappa shape index (κ3) is 4.50. The number of hydrogen-bond acceptors (Lipinski definition) is 4. The van der Waals surface area contributed by atoms with Crippen LogP contribution in [0.15, 0.2) is 65.7 Å². The Bertz CT molecular complexity index is 1100. The van der Waals surface area contributed by atoms with E-state index in [4.69, 9.17) is 0 Å². The lowest BCUT2D eigenvalue weighted by Crippen LogP contribution is -2.40. The number of rotatable bonds is 4. The largest absolute Gasteiger partial charge is 0.320 e. The molecule has 3 rings (SSSR count). The van der Waals surface area contributed by atoms with Crippen molar-refractivity contribution in [3.63, 3.8) is 0 Å². The van der Waals surface area contributed by atoms with E-state index in [1.54, 1.807) is 45.2 Å². The fraction of sp³-hybridized carbons (Fsp3) is 0.200. The molecule has 0 aliphatic carbocycles. The molecule has 0 aliphatic rings. The van der Waals surface area contributed by atoms with Crippen LogP contribution in [0.5, 0.6) is 0 Å². The first-order valence-corrected chi connectivity index (χ1v) is 9.93. The van der Waals surface area contributed by atoms with E-state index >= 15 is 0 Å². The van der Waals surface area contributed by atoms with E-state index in [1.165, 1.54) is 12.1 Å². The first-order valence-electron chi connectivity index (χ1n) is 8.45. The molecule has 0 unspecified atom stereocenters. The van der Waals surface area contributed by atoms with E-state index in [-0.39, 0.29) is 10.5 Å². The van der Waals surface area contributed by atoms with Crippen LogP contribution in [0.4, 0.5) is 5.69 Å². The number of nitrogens with one attached hydrogen (secondary N) is 2.